The topological polar surface area (TPSA) is 23.9 Å². The van der Waals surface area contributed by atoms with Crippen LogP contribution >= 0.6 is 0 Å². The minimum Gasteiger partial charge on any atom is -0.305 e. The molecule has 0 aliphatic rings. The summed E-state index contributed by atoms with van der Waals surface area (Å²) in [4.78, 5) is 0. The standard InChI is InChI=1S/C11H13N/c1-4-10-7-8(2)5-6-11(10)9(3)12/h4-7,12H,1H2,2-3H3. The van der Waals surface area contributed by atoms with Crippen LogP contribution in [0, 0.1) is 12.3 Å². The Morgan fingerprint density at radius 3 is 2.67 bits per heavy atom. The highest BCUT2D eigenvalue weighted by Gasteiger charge is 2.00. The molecule has 62 valence electrons. The first kappa shape index (κ1) is 8.72. The van der Waals surface area contributed by atoms with Gasteiger partial charge in [-0.15, -0.1) is 0 Å². The molecule has 1 aromatic rings. The predicted octanol–water partition coefficient (Wildman–Crippen LogP) is 3.03. The first-order valence-corrected chi connectivity index (χ1v) is 3.93. The lowest BCUT2D eigenvalue weighted by molar-refractivity contribution is 1.40. The third kappa shape index (κ3) is 1.62. The summed E-state index contributed by atoms with van der Waals surface area (Å²) in [7, 11) is 0. The van der Waals surface area contributed by atoms with Crippen LogP contribution in [0.25, 0.3) is 6.08 Å². The van der Waals surface area contributed by atoms with Crippen molar-refractivity contribution in [1.29, 1.82) is 5.41 Å². The molecule has 0 saturated heterocycles. The van der Waals surface area contributed by atoms with Gasteiger partial charge in [0.1, 0.15) is 0 Å². The minimum atomic E-state index is 0.588. The van der Waals surface area contributed by atoms with Crippen LogP contribution in [0.1, 0.15) is 23.6 Å². The molecule has 0 heterocycles. The van der Waals surface area contributed by atoms with E-state index in [1.54, 1.807) is 13.0 Å². The van der Waals surface area contributed by atoms with Gasteiger partial charge >= 0.3 is 0 Å². The molecule has 0 fully saturated rings. The summed E-state index contributed by atoms with van der Waals surface area (Å²) in [5.41, 5.74) is 3.80. The molecule has 1 nitrogen and oxygen atoms in total. The van der Waals surface area contributed by atoms with Gasteiger partial charge in [-0.3, -0.25) is 0 Å². The number of nitrogens with one attached hydrogen (secondary N) is 1. The minimum absolute atomic E-state index is 0.588. The summed E-state index contributed by atoms with van der Waals surface area (Å²) in [5.74, 6) is 0. The molecule has 0 unspecified atom stereocenters. The second-order valence-electron chi connectivity index (χ2n) is 2.92. The van der Waals surface area contributed by atoms with Crippen LogP contribution < -0.4 is 0 Å². The fourth-order valence-corrected chi connectivity index (χ4v) is 1.19. The van der Waals surface area contributed by atoms with Crippen LogP contribution in [0.3, 0.4) is 0 Å². The Morgan fingerprint density at radius 1 is 1.50 bits per heavy atom. The molecule has 1 aromatic carbocycles. The monoisotopic (exact) mass is 159 g/mol. The molecule has 0 bridgehead atoms. The zero-order chi connectivity index (χ0) is 9.14. The number of rotatable bonds is 2. The zero-order valence-corrected chi connectivity index (χ0v) is 7.52. The fourth-order valence-electron chi connectivity index (χ4n) is 1.19. The van der Waals surface area contributed by atoms with Gasteiger partial charge in [-0.25, -0.2) is 0 Å². The van der Waals surface area contributed by atoms with Crippen LogP contribution in [0.5, 0.6) is 0 Å². The largest absolute Gasteiger partial charge is 0.305 e. The Morgan fingerprint density at radius 2 is 2.17 bits per heavy atom. The van der Waals surface area contributed by atoms with Gasteiger partial charge < -0.3 is 5.41 Å². The molecule has 0 aliphatic carbocycles. The van der Waals surface area contributed by atoms with Crippen molar-refractivity contribution >= 4 is 11.8 Å². The molecule has 0 atom stereocenters. The average Bonchev–Trinajstić information content (AvgIpc) is 2.03. The molecule has 1 heteroatoms. The Labute approximate surface area is 73.3 Å². The molecule has 1 N–H and O–H groups in total. The maximum absolute atomic E-state index is 7.50. The molecular formula is C11H13N. The third-order valence-electron chi connectivity index (χ3n) is 1.83. The number of hydrogen-bond donors (Lipinski definition) is 1. The van der Waals surface area contributed by atoms with Crippen LogP contribution in [0.4, 0.5) is 0 Å². The van der Waals surface area contributed by atoms with Gasteiger partial charge in [0.2, 0.25) is 0 Å². The van der Waals surface area contributed by atoms with Gasteiger partial charge in [0.15, 0.2) is 0 Å². The van der Waals surface area contributed by atoms with Crippen molar-refractivity contribution < 1.29 is 0 Å². The molecule has 0 aliphatic heterocycles. The van der Waals surface area contributed by atoms with Gasteiger partial charge in [0.25, 0.3) is 0 Å². The van der Waals surface area contributed by atoms with Gasteiger partial charge in [-0.05, 0) is 19.4 Å². The zero-order valence-electron chi connectivity index (χ0n) is 7.52. The van der Waals surface area contributed by atoms with E-state index < -0.39 is 0 Å². The van der Waals surface area contributed by atoms with Gasteiger partial charge in [-0.2, -0.15) is 0 Å². The van der Waals surface area contributed by atoms with E-state index in [1.165, 1.54) is 5.56 Å². The van der Waals surface area contributed by atoms with E-state index in [1.807, 2.05) is 25.1 Å². The van der Waals surface area contributed by atoms with Crippen molar-refractivity contribution in [3.8, 4) is 0 Å². The van der Waals surface area contributed by atoms with E-state index in [9.17, 15) is 0 Å². The lowest BCUT2D eigenvalue weighted by Gasteiger charge is -2.04. The maximum Gasteiger partial charge on any atom is 0.0361 e. The lowest BCUT2D eigenvalue weighted by atomic mass is 10.0. The summed E-state index contributed by atoms with van der Waals surface area (Å²) >= 11 is 0. The number of benzene rings is 1. The van der Waals surface area contributed by atoms with E-state index in [-0.39, 0.29) is 0 Å². The molecular weight excluding hydrogens is 146 g/mol. The summed E-state index contributed by atoms with van der Waals surface area (Å²) in [5, 5.41) is 7.50. The van der Waals surface area contributed by atoms with Crippen LogP contribution in [0.2, 0.25) is 0 Å². The predicted molar refractivity (Wildman–Crippen MR) is 53.8 cm³/mol. The Hall–Kier alpha value is -1.37. The summed E-state index contributed by atoms with van der Waals surface area (Å²) in [6, 6.07) is 6.02. The maximum atomic E-state index is 7.50. The highest BCUT2D eigenvalue weighted by atomic mass is 14.4. The van der Waals surface area contributed by atoms with Crippen molar-refractivity contribution in [2.24, 2.45) is 0 Å². The summed E-state index contributed by atoms with van der Waals surface area (Å²) < 4.78 is 0. The molecule has 12 heavy (non-hydrogen) atoms. The summed E-state index contributed by atoms with van der Waals surface area (Å²) in [6.07, 6.45) is 1.79. The highest BCUT2D eigenvalue weighted by Crippen LogP contribution is 2.13. The molecule has 0 spiro atoms. The first-order chi connectivity index (χ1) is 5.65. The van der Waals surface area contributed by atoms with E-state index in [4.69, 9.17) is 5.41 Å². The van der Waals surface area contributed by atoms with E-state index in [0.717, 1.165) is 11.1 Å². The molecule has 0 saturated carbocycles. The quantitative estimate of drug-likeness (QED) is 0.641. The van der Waals surface area contributed by atoms with E-state index in [2.05, 4.69) is 6.58 Å². The normalized spacial score (nSPS) is 9.50. The first-order valence-electron chi connectivity index (χ1n) is 3.93. The van der Waals surface area contributed by atoms with Crippen LogP contribution in [-0.4, -0.2) is 5.71 Å². The van der Waals surface area contributed by atoms with Crippen molar-refractivity contribution in [3.63, 3.8) is 0 Å². The Bertz CT molecular complexity index is 324. The summed E-state index contributed by atoms with van der Waals surface area (Å²) in [6.45, 7) is 7.55. The number of hydrogen-bond acceptors (Lipinski definition) is 1. The average molecular weight is 159 g/mol. The van der Waals surface area contributed by atoms with Crippen molar-refractivity contribution in [2.45, 2.75) is 13.8 Å². The lowest BCUT2D eigenvalue weighted by Crippen LogP contribution is -1.95. The van der Waals surface area contributed by atoms with Crippen molar-refractivity contribution in [2.75, 3.05) is 0 Å². The second-order valence-corrected chi connectivity index (χ2v) is 2.92. The third-order valence-corrected chi connectivity index (χ3v) is 1.83. The molecule has 0 amide bonds. The Balaban J connectivity index is 3.29. The molecule has 1 rings (SSSR count). The van der Waals surface area contributed by atoms with E-state index in [0.29, 0.717) is 5.71 Å². The molecule has 0 aromatic heterocycles. The van der Waals surface area contributed by atoms with Gasteiger partial charge in [0.05, 0.1) is 0 Å². The van der Waals surface area contributed by atoms with Crippen LogP contribution in [0.15, 0.2) is 24.8 Å². The Kier molecular flexibility index (Phi) is 2.44. The SMILES string of the molecule is C=Cc1cc(C)ccc1C(C)=N. The highest BCUT2D eigenvalue weighted by molar-refractivity contribution is 5.99. The van der Waals surface area contributed by atoms with E-state index >= 15 is 0 Å². The smallest absolute Gasteiger partial charge is 0.0361 e. The fraction of sp³-hybridized carbons (Fsp3) is 0.182. The van der Waals surface area contributed by atoms with Crippen LogP contribution in [-0.2, 0) is 0 Å². The number of aryl methyl sites for hydroxylation is 1. The molecule has 0 radical (unpaired) electrons. The second kappa shape index (κ2) is 3.35. The van der Waals surface area contributed by atoms with Gasteiger partial charge in [-0.1, -0.05) is 36.4 Å². The van der Waals surface area contributed by atoms with Crippen molar-refractivity contribution in [1.82, 2.24) is 0 Å². The van der Waals surface area contributed by atoms with Crippen molar-refractivity contribution in [3.05, 3.63) is 41.5 Å². The van der Waals surface area contributed by atoms with Gasteiger partial charge in [0, 0.05) is 11.3 Å².